The summed E-state index contributed by atoms with van der Waals surface area (Å²) in [6.45, 7) is 3.06. The van der Waals surface area contributed by atoms with Crippen molar-refractivity contribution in [3.05, 3.63) is 17.9 Å². The van der Waals surface area contributed by atoms with Crippen LogP contribution in [0.3, 0.4) is 0 Å². The molecule has 0 amide bonds. The number of hydrogen-bond acceptors (Lipinski definition) is 3. The summed E-state index contributed by atoms with van der Waals surface area (Å²) >= 11 is 0. The molecule has 2 N–H and O–H groups in total. The SMILES string of the molecule is COc1cc2c(cc1F)NCC(C)(C1CC1)N2. The Hall–Kier alpha value is -1.45. The second kappa shape index (κ2) is 3.52. The van der Waals surface area contributed by atoms with E-state index in [2.05, 4.69) is 17.6 Å². The van der Waals surface area contributed by atoms with Crippen LogP contribution in [0.15, 0.2) is 12.1 Å². The lowest BCUT2D eigenvalue weighted by atomic mass is 9.92. The predicted octanol–water partition coefficient (Wildman–Crippen LogP) is 2.84. The summed E-state index contributed by atoms with van der Waals surface area (Å²) in [6, 6.07) is 3.23. The molecular weight excluding hydrogens is 219 g/mol. The average molecular weight is 236 g/mol. The maximum Gasteiger partial charge on any atom is 0.167 e. The van der Waals surface area contributed by atoms with E-state index in [1.807, 2.05) is 0 Å². The van der Waals surface area contributed by atoms with Gasteiger partial charge in [0.2, 0.25) is 0 Å². The second-order valence-corrected chi connectivity index (χ2v) is 5.20. The van der Waals surface area contributed by atoms with Crippen molar-refractivity contribution in [3.63, 3.8) is 0 Å². The van der Waals surface area contributed by atoms with Gasteiger partial charge in [-0.2, -0.15) is 0 Å². The van der Waals surface area contributed by atoms with E-state index < -0.39 is 0 Å². The van der Waals surface area contributed by atoms with Crippen molar-refractivity contribution in [1.82, 2.24) is 0 Å². The van der Waals surface area contributed by atoms with Gasteiger partial charge in [0, 0.05) is 18.7 Å². The zero-order chi connectivity index (χ0) is 12.0. The molecule has 1 atom stereocenters. The third-order valence-electron chi connectivity index (χ3n) is 3.84. The predicted molar refractivity (Wildman–Crippen MR) is 66.2 cm³/mol. The minimum Gasteiger partial charge on any atom is -0.494 e. The van der Waals surface area contributed by atoms with E-state index in [0.29, 0.717) is 0 Å². The van der Waals surface area contributed by atoms with Crippen LogP contribution in [0.1, 0.15) is 19.8 Å². The zero-order valence-corrected chi connectivity index (χ0v) is 10.1. The normalized spacial score (nSPS) is 26.8. The van der Waals surface area contributed by atoms with Crippen molar-refractivity contribution >= 4 is 11.4 Å². The highest BCUT2D eigenvalue weighted by atomic mass is 19.1. The number of rotatable bonds is 2. The Kier molecular flexibility index (Phi) is 2.21. The molecule has 0 radical (unpaired) electrons. The van der Waals surface area contributed by atoms with Gasteiger partial charge in [-0.3, -0.25) is 0 Å². The number of ether oxygens (including phenoxy) is 1. The Morgan fingerprint density at radius 3 is 2.76 bits per heavy atom. The van der Waals surface area contributed by atoms with Crippen molar-refractivity contribution < 1.29 is 9.13 Å². The first-order chi connectivity index (χ1) is 8.12. The van der Waals surface area contributed by atoms with Gasteiger partial charge in [-0.1, -0.05) is 0 Å². The largest absolute Gasteiger partial charge is 0.494 e. The first kappa shape index (κ1) is 10.7. The fourth-order valence-corrected chi connectivity index (χ4v) is 2.56. The van der Waals surface area contributed by atoms with Crippen molar-refractivity contribution in [2.24, 2.45) is 5.92 Å². The molecule has 1 unspecified atom stereocenters. The molecule has 1 saturated carbocycles. The highest BCUT2D eigenvalue weighted by molar-refractivity contribution is 5.74. The Labute approximate surface area is 100 Å². The summed E-state index contributed by atoms with van der Waals surface area (Å²) in [5.74, 6) is 0.688. The molecule has 17 heavy (non-hydrogen) atoms. The molecule has 1 fully saturated rings. The lowest BCUT2D eigenvalue weighted by Gasteiger charge is -2.38. The molecule has 0 aromatic heterocycles. The third kappa shape index (κ3) is 1.72. The van der Waals surface area contributed by atoms with Gasteiger partial charge in [0.05, 0.1) is 24.0 Å². The second-order valence-electron chi connectivity index (χ2n) is 5.20. The molecular formula is C13H17FN2O. The monoisotopic (exact) mass is 236 g/mol. The molecule has 92 valence electrons. The molecule has 1 aliphatic heterocycles. The zero-order valence-electron chi connectivity index (χ0n) is 10.1. The minimum atomic E-state index is -0.324. The van der Waals surface area contributed by atoms with Crippen LogP contribution in [0.4, 0.5) is 15.8 Å². The lowest BCUT2D eigenvalue weighted by Crippen LogP contribution is -2.47. The highest BCUT2D eigenvalue weighted by Crippen LogP contribution is 2.45. The van der Waals surface area contributed by atoms with Gasteiger partial charge in [0.15, 0.2) is 11.6 Å². The number of anilines is 2. The van der Waals surface area contributed by atoms with Crippen LogP contribution in [0, 0.1) is 11.7 Å². The molecule has 1 aliphatic carbocycles. The summed E-state index contributed by atoms with van der Waals surface area (Å²) < 4.78 is 18.6. The smallest absolute Gasteiger partial charge is 0.167 e. The molecule has 3 nitrogen and oxygen atoms in total. The average Bonchev–Trinajstić information content (AvgIpc) is 3.13. The molecule has 1 aromatic carbocycles. The maximum absolute atomic E-state index is 13.5. The van der Waals surface area contributed by atoms with E-state index in [1.54, 1.807) is 6.07 Å². The molecule has 0 saturated heterocycles. The molecule has 0 bridgehead atoms. The van der Waals surface area contributed by atoms with Crippen LogP contribution < -0.4 is 15.4 Å². The number of methoxy groups -OCH3 is 1. The highest BCUT2D eigenvalue weighted by Gasteiger charge is 2.43. The van der Waals surface area contributed by atoms with Crippen molar-refractivity contribution in [1.29, 1.82) is 0 Å². The number of halogens is 1. The van der Waals surface area contributed by atoms with Crippen LogP contribution in [0.25, 0.3) is 0 Å². The van der Waals surface area contributed by atoms with Crippen LogP contribution in [-0.2, 0) is 0 Å². The van der Waals surface area contributed by atoms with Crippen molar-refractivity contribution in [3.8, 4) is 5.75 Å². The number of fused-ring (bicyclic) bond motifs is 1. The molecule has 3 rings (SSSR count). The van der Waals surface area contributed by atoms with E-state index in [4.69, 9.17) is 4.74 Å². The maximum atomic E-state index is 13.5. The van der Waals surface area contributed by atoms with E-state index in [1.165, 1.54) is 26.0 Å². The fourth-order valence-electron chi connectivity index (χ4n) is 2.56. The summed E-state index contributed by atoms with van der Waals surface area (Å²) in [5, 5.41) is 6.84. The number of hydrogen-bond donors (Lipinski definition) is 2. The summed E-state index contributed by atoms with van der Waals surface area (Å²) in [7, 11) is 1.49. The minimum absolute atomic E-state index is 0.0792. The Bertz CT molecular complexity index is 459. The fraction of sp³-hybridized carbons (Fsp3) is 0.538. The Morgan fingerprint density at radius 2 is 2.12 bits per heavy atom. The summed E-state index contributed by atoms with van der Waals surface area (Å²) in [6.07, 6.45) is 2.55. The van der Waals surface area contributed by atoms with Crippen LogP contribution in [-0.4, -0.2) is 19.2 Å². The van der Waals surface area contributed by atoms with E-state index in [0.717, 1.165) is 23.8 Å². The topological polar surface area (TPSA) is 33.3 Å². The van der Waals surface area contributed by atoms with E-state index in [9.17, 15) is 4.39 Å². The van der Waals surface area contributed by atoms with Gasteiger partial charge in [-0.25, -0.2) is 4.39 Å². The van der Waals surface area contributed by atoms with Gasteiger partial charge in [-0.15, -0.1) is 0 Å². The quantitative estimate of drug-likeness (QED) is 0.828. The molecule has 2 aliphatic rings. The standard InChI is InChI=1S/C13H17FN2O/c1-13(8-3-4-8)7-15-10-5-9(14)12(17-2)6-11(10)16-13/h5-6,8,15-16H,3-4,7H2,1-2H3. The number of benzene rings is 1. The van der Waals surface area contributed by atoms with Gasteiger partial charge in [-0.05, 0) is 25.7 Å². The van der Waals surface area contributed by atoms with Crippen LogP contribution >= 0.6 is 0 Å². The lowest BCUT2D eigenvalue weighted by molar-refractivity contribution is 0.386. The molecule has 4 heteroatoms. The van der Waals surface area contributed by atoms with Crippen molar-refractivity contribution in [2.75, 3.05) is 24.3 Å². The summed E-state index contributed by atoms with van der Waals surface area (Å²) in [4.78, 5) is 0. The van der Waals surface area contributed by atoms with E-state index in [-0.39, 0.29) is 17.1 Å². The van der Waals surface area contributed by atoms with Gasteiger partial charge < -0.3 is 15.4 Å². The Morgan fingerprint density at radius 1 is 1.35 bits per heavy atom. The Balaban J connectivity index is 1.95. The molecule has 0 spiro atoms. The van der Waals surface area contributed by atoms with Gasteiger partial charge >= 0.3 is 0 Å². The van der Waals surface area contributed by atoms with Crippen LogP contribution in [0.5, 0.6) is 5.75 Å². The third-order valence-corrected chi connectivity index (χ3v) is 3.84. The molecule has 1 aromatic rings. The van der Waals surface area contributed by atoms with E-state index >= 15 is 0 Å². The first-order valence-electron chi connectivity index (χ1n) is 6.02. The van der Waals surface area contributed by atoms with Gasteiger partial charge in [0.1, 0.15) is 0 Å². The van der Waals surface area contributed by atoms with Crippen molar-refractivity contribution in [2.45, 2.75) is 25.3 Å². The van der Waals surface area contributed by atoms with Crippen LogP contribution in [0.2, 0.25) is 0 Å². The first-order valence-corrected chi connectivity index (χ1v) is 6.02. The number of nitrogens with one attached hydrogen (secondary N) is 2. The molecule has 1 heterocycles. The summed E-state index contributed by atoms with van der Waals surface area (Å²) in [5.41, 5.74) is 1.83. The van der Waals surface area contributed by atoms with Gasteiger partial charge in [0.25, 0.3) is 0 Å².